The summed E-state index contributed by atoms with van der Waals surface area (Å²) in [7, 11) is 1.82. The largest absolute Gasteiger partial charge is 0.344 e. The molecule has 0 rings (SSSR count). The van der Waals surface area contributed by atoms with E-state index in [0.29, 0.717) is 0 Å². The molecule has 4 heteroatoms. The van der Waals surface area contributed by atoms with Crippen molar-refractivity contribution in [3.05, 3.63) is 0 Å². The maximum Gasteiger partial charge on any atom is 0.239 e. The molecular formula is C10H22N2OS. The molecule has 0 saturated heterocycles. The Kier molecular flexibility index (Phi) is 7.01. The molecule has 0 aromatic carbocycles. The normalized spacial score (nSPS) is 14.9. The van der Waals surface area contributed by atoms with Crippen LogP contribution < -0.4 is 5.73 Å². The number of carbonyl (C=O) groups excluding carboxylic acids is 1. The van der Waals surface area contributed by atoms with Crippen LogP contribution in [-0.4, -0.2) is 42.4 Å². The molecule has 0 aliphatic rings. The van der Waals surface area contributed by atoms with Gasteiger partial charge in [0.25, 0.3) is 0 Å². The topological polar surface area (TPSA) is 46.3 Å². The molecule has 0 fully saturated rings. The smallest absolute Gasteiger partial charge is 0.239 e. The first kappa shape index (κ1) is 13.8. The van der Waals surface area contributed by atoms with Crippen LogP contribution in [0.5, 0.6) is 0 Å². The summed E-state index contributed by atoms with van der Waals surface area (Å²) < 4.78 is 0. The lowest BCUT2D eigenvalue weighted by molar-refractivity contribution is -0.132. The standard InChI is InChI=1S/C10H22N2OS/c1-5-8(2)9(11)10(13)12(3)6-7-14-4/h8-9H,5-7,11H2,1-4H3/t8-,9+/m0/s1. The SMILES string of the molecule is CC[C@H](C)[C@@H](N)C(=O)N(C)CCSC. The highest BCUT2D eigenvalue weighted by molar-refractivity contribution is 7.98. The van der Waals surface area contributed by atoms with Gasteiger partial charge in [-0.15, -0.1) is 0 Å². The Labute approximate surface area is 91.4 Å². The van der Waals surface area contributed by atoms with E-state index >= 15 is 0 Å². The summed E-state index contributed by atoms with van der Waals surface area (Å²) in [6.07, 6.45) is 2.98. The number of hydrogen-bond acceptors (Lipinski definition) is 3. The molecule has 0 aromatic heterocycles. The van der Waals surface area contributed by atoms with Crippen molar-refractivity contribution in [2.24, 2.45) is 11.7 Å². The van der Waals surface area contributed by atoms with Crippen LogP contribution in [0.1, 0.15) is 20.3 Å². The number of rotatable bonds is 6. The number of carbonyl (C=O) groups is 1. The first-order valence-corrected chi connectivity index (χ1v) is 6.43. The fraction of sp³-hybridized carbons (Fsp3) is 0.900. The van der Waals surface area contributed by atoms with Crippen LogP contribution in [-0.2, 0) is 4.79 Å². The molecule has 0 aromatic rings. The fourth-order valence-corrected chi connectivity index (χ4v) is 1.55. The van der Waals surface area contributed by atoms with Crippen LogP contribution in [0.4, 0.5) is 0 Å². The predicted octanol–water partition coefficient (Wildman–Crippen LogP) is 1.18. The van der Waals surface area contributed by atoms with Crippen molar-refractivity contribution in [2.75, 3.05) is 25.6 Å². The van der Waals surface area contributed by atoms with Gasteiger partial charge in [-0.05, 0) is 12.2 Å². The number of amides is 1. The van der Waals surface area contributed by atoms with E-state index in [4.69, 9.17) is 5.73 Å². The first-order valence-electron chi connectivity index (χ1n) is 5.04. The summed E-state index contributed by atoms with van der Waals surface area (Å²) in [5.74, 6) is 1.29. The number of thioether (sulfide) groups is 1. The monoisotopic (exact) mass is 218 g/mol. The summed E-state index contributed by atoms with van der Waals surface area (Å²) in [5, 5.41) is 0. The Hall–Kier alpha value is -0.220. The highest BCUT2D eigenvalue weighted by Crippen LogP contribution is 2.08. The van der Waals surface area contributed by atoms with Crippen molar-refractivity contribution >= 4 is 17.7 Å². The summed E-state index contributed by atoms with van der Waals surface area (Å²) in [6, 6.07) is -0.341. The maximum atomic E-state index is 11.7. The average Bonchev–Trinajstić information content (AvgIpc) is 2.22. The lowest BCUT2D eigenvalue weighted by atomic mass is 9.99. The molecule has 0 saturated carbocycles. The van der Waals surface area contributed by atoms with E-state index in [1.807, 2.05) is 20.2 Å². The van der Waals surface area contributed by atoms with Gasteiger partial charge in [0.05, 0.1) is 6.04 Å². The van der Waals surface area contributed by atoms with Crippen LogP contribution in [0, 0.1) is 5.92 Å². The maximum absolute atomic E-state index is 11.7. The van der Waals surface area contributed by atoms with Crippen molar-refractivity contribution in [2.45, 2.75) is 26.3 Å². The van der Waals surface area contributed by atoms with E-state index in [1.165, 1.54) is 0 Å². The Bertz CT molecular complexity index is 176. The molecule has 0 aliphatic heterocycles. The molecule has 14 heavy (non-hydrogen) atoms. The number of nitrogens with zero attached hydrogens (tertiary/aromatic N) is 1. The van der Waals surface area contributed by atoms with Gasteiger partial charge >= 0.3 is 0 Å². The number of likely N-dealkylation sites (N-methyl/N-ethyl adjacent to an activating group) is 1. The van der Waals surface area contributed by atoms with E-state index < -0.39 is 0 Å². The van der Waals surface area contributed by atoms with Crippen molar-refractivity contribution in [1.82, 2.24) is 4.90 Å². The fourth-order valence-electron chi connectivity index (χ4n) is 1.09. The molecular weight excluding hydrogens is 196 g/mol. The third kappa shape index (κ3) is 4.33. The summed E-state index contributed by atoms with van der Waals surface area (Å²) >= 11 is 1.74. The van der Waals surface area contributed by atoms with Gasteiger partial charge in [0, 0.05) is 19.3 Å². The zero-order valence-electron chi connectivity index (χ0n) is 9.62. The molecule has 84 valence electrons. The van der Waals surface area contributed by atoms with Gasteiger partial charge in [-0.25, -0.2) is 0 Å². The van der Waals surface area contributed by atoms with Crippen molar-refractivity contribution in [3.8, 4) is 0 Å². The van der Waals surface area contributed by atoms with E-state index in [0.717, 1.165) is 18.7 Å². The highest BCUT2D eigenvalue weighted by atomic mass is 32.2. The van der Waals surface area contributed by atoms with Crippen molar-refractivity contribution in [3.63, 3.8) is 0 Å². The second-order valence-electron chi connectivity index (χ2n) is 3.66. The zero-order valence-corrected chi connectivity index (χ0v) is 10.4. The predicted molar refractivity (Wildman–Crippen MR) is 63.4 cm³/mol. The molecule has 1 amide bonds. The molecule has 0 spiro atoms. The lowest BCUT2D eigenvalue weighted by Crippen LogP contribution is -2.46. The van der Waals surface area contributed by atoms with Gasteiger partial charge in [0.15, 0.2) is 0 Å². The molecule has 2 atom stereocenters. The second-order valence-corrected chi connectivity index (χ2v) is 4.65. The van der Waals surface area contributed by atoms with Crippen LogP contribution in [0.2, 0.25) is 0 Å². The van der Waals surface area contributed by atoms with Crippen LogP contribution in [0.3, 0.4) is 0 Å². The van der Waals surface area contributed by atoms with Crippen molar-refractivity contribution < 1.29 is 4.79 Å². The third-order valence-electron chi connectivity index (χ3n) is 2.55. The third-order valence-corrected chi connectivity index (χ3v) is 3.14. The van der Waals surface area contributed by atoms with Crippen LogP contribution in [0.25, 0.3) is 0 Å². The zero-order chi connectivity index (χ0) is 11.1. The summed E-state index contributed by atoms with van der Waals surface area (Å²) in [5.41, 5.74) is 5.85. The first-order chi connectivity index (χ1) is 6.54. The molecule has 3 nitrogen and oxygen atoms in total. The number of hydrogen-bond donors (Lipinski definition) is 1. The van der Waals surface area contributed by atoms with E-state index in [9.17, 15) is 4.79 Å². The van der Waals surface area contributed by atoms with E-state index in [2.05, 4.69) is 6.92 Å². The summed E-state index contributed by atoms with van der Waals surface area (Å²) in [6.45, 7) is 4.86. The highest BCUT2D eigenvalue weighted by Gasteiger charge is 2.22. The van der Waals surface area contributed by atoms with E-state index in [1.54, 1.807) is 16.7 Å². The molecule has 2 N–H and O–H groups in total. The van der Waals surface area contributed by atoms with Gasteiger partial charge < -0.3 is 10.6 Å². The van der Waals surface area contributed by atoms with Crippen LogP contribution >= 0.6 is 11.8 Å². The Balaban J connectivity index is 4.03. The van der Waals surface area contributed by atoms with Gasteiger partial charge in [0.2, 0.25) is 5.91 Å². The van der Waals surface area contributed by atoms with Crippen LogP contribution in [0.15, 0.2) is 0 Å². The molecule has 0 unspecified atom stereocenters. The molecule has 0 heterocycles. The van der Waals surface area contributed by atoms with E-state index in [-0.39, 0.29) is 17.9 Å². The Morgan fingerprint density at radius 1 is 1.57 bits per heavy atom. The van der Waals surface area contributed by atoms with Crippen molar-refractivity contribution in [1.29, 1.82) is 0 Å². The minimum atomic E-state index is -0.341. The summed E-state index contributed by atoms with van der Waals surface area (Å²) in [4.78, 5) is 13.5. The van der Waals surface area contributed by atoms with Gasteiger partial charge in [-0.1, -0.05) is 20.3 Å². The average molecular weight is 218 g/mol. The Morgan fingerprint density at radius 3 is 2.57 bits per heavy atom. The van der Waals surface area contributed by atoms with Gasteiger partial charge in [-0.3, -0.25) is 4.79 Å². The van der Waals surface area contributed by atoms with Gasteiger partial charge in [0.1, 0.15) is 0 Å². The number of nitrogens with two attached hydrogens (primary N) is 1. The minimum absolute atomic E-state index is 0.0633. The quantitative estimate of drug-likeness (QED) is 0.728. The second kappa shape index (κ2) is 7.12. The lowest BCUT2D eigenvalue weighted by Gasteiger charge is -2.24. The molecule has 0 bridgehead atoms. The molecule has 0 radical (unpaired) electrons. The Morgan fingerprint density at radius 2 is 2.14 bits per heavy atom. The minimum Gasteiger partial charge on any atom is -0.344 e. The van der Waals surface area contributed by atoms with Gasteiger partial charge in [-0.2, -0.15) is 11.8 Å². The molecule has 0 aliphatic carbocycles.